The quantitative estimate of drug-likeness (QED) is 0.474. The lowest BCUT2D eigenvalue weighted by atomic mass is 9.69. The van der Waals surface area contributed by atoms with Gasteiger partial charge in [-0.25, -0.2) is 0 Å². The zero-order chi connectivity index (χ0) is 22.8. The van der Waals surface area contributed by atoms with E-state index in [1.807, 2.05) is 6.07 Å². The first kappa shape index (κ1) is 23.2. The van der Waals surface area contributed by atoms with Crippen LogP contribution in [0.1, 0.15) is 62.5 Å². The van der Waals surface area contributed by atoms with Crippen LogP contribution in [0.2, 0.25) is 0 Å². The summed E-state index contributed by atoms with van der Waals surface area (Å²) in [4.78, 5) is 24.9. The van der Waals surface area contributed by atoms with E-state index >= 15 is 0 Å². The Morgan fingerprint density at radius 2 is 1.61 bits per heavy atom. The Morgan fingerprint density at radius 3 is 2.16 bits per heavy atom. The van der Waals surface area contributed by atoms with Crippen molar-refractivity contribution in [2.24, 2.45) is 11.8 Å². The highest BCUT2D eigenvalue weighted by atomic mass is 16.5. The number of rotatable bonds is 7. The van der Waals surface area contributed by atoms with Crippen LogP contribution in [0.5, 0.6) is 17.2 Å². The molecule has 0 aromatic heterocycles. The van der Waals surface area contributed by atoms with Crippen molar-refractivity contribution in [2.45, 2.75) is 56.8 Å². The van der Waals surface area contributed by atoms with Gasteiger partial charge in [0, 0.05) is 5.56 Å². The van der Waals surface area contributed by atoms with E-state index in [0.29, 0.717) is 23.7 Å². The van der Waals surface area contributed by atoms with Crippen LogP contribution in [0.3, 0.4) is 0 Å². The molecule has 0 spiro atoms. The number of methoxy groups -OCH3 is 5. The molecular weight excluding hydrogens is 400 g/mol. The average molecular weight is 435 g/mol. The van der Waals surface area contributed by atoms with Gasteiger partial charge in [0.05, 0.1) is 35.5 Å². The highest BCUT2D eigenvalue weighted by molar-refractivity contribution is 5.95. The normalized spacial score (nSPS) is 24.6. The maximum atomic E-state index is 12.5. The monoisotopic (exact) mass is 434 g/mol. The number of hydrogen-bond donors (Lipinski definition) is 0. The van der Waals surface area contributed by atoms with Gasteiger partial charge in [0.15, 0.2) is 17.4 Å². The summed E-state index contributed by atoms with van der Waals surface area (Å²) in [6, 6.07) is 1.99. The Kier molecular flexibility index (Phi) is 7.02. The van der Waals surface area contributed by atoms with Gasteiger partial charge in [-0.2, -0.15) is 0 Å². The third-order valence-electron chi connectivity index (χ3n) is 7.31. The summed E-state index contributed by atoms with van der Waals surface area (Å²) in [7, 11) is 7.45. The van der Waals surface area contributed by atoms with Crippen LogP contribution in [-0.2, 0) is 24.5 Å². The predicted molar refractivity (Wildman–Crippen MR) is 115 cm³/mol. The van der Waals surface area contributed by atoms with Crippen molar-refractivity contribution in [2.75, 3.05) is 35.5 Å². The molecular formula is C24H34O7. The van der Waals surface area contributed by atoms with Crippen LogP contribution in [-0.4, -0.2) is 47.5 Å². The number of benzene rings is 1. The van der Waals surface area contributed by atoms with Gasteiger partial charge in [0.1, 0.15) is 0 Å². The number of esters is 2. The fraction of sp³-hybridized carbons (Fsp3) is 0.667. The zero-order valence-electron chi connectivity index (χ0n) is 19.4. The Labute approximate surface area is 184 Å². The molecule has 0 saturated heterocycles. The first-order valence-corrected chi connectivity index (χ1v) is 10.9. The van der Waals surface area contributed by atoms with Crippen molar-refractivity contribution in [3.8, 4) is 17.2 Å². The molecule has 7 heteroatoms. The molecule has 1 aromatic rings. The second-order valence-electron chi connectivity index (χ2n) is 8.67. The SMILES string of the molecule is COC(=O)C(CC1c2cc(OC)c(OC)c(OC)c2C2(C)CCCCCC12)C(=O)OC. The summed E-state index contributed by atoms with van der Waals surface area (Å²) in [6.07, 6.45) is 5.75. The van der Waals surface area contributed by atoms with Gasteiger partial charge in [-0.1, -0.05) is 26.2 Å². The van der Waals surface area contributed by atoms with Gasteiger partial charge in [-0.3, -0.25) is 9.59 Å². The minimum absolute atomic E-state index is 0.0324. The first-order chi connectivity index (χ1) is 14.9. The minimum Gasteiger partial charge on any atom is -0.493 e. The van der Waals surface area contributed by atoms with Gasteiger partial charge in [0.2, 0.25) is 5.75 Å². The molecule has 0 aliphatic heterocycles. The minimum atomic E-state index is -0.974. The predicted octanol–water partition coefficient (Wildman–Crippen LogP) is 4.00. The van der Waals surface area contributed by atoms with E-state index < -0.39 is 17.9 Å². The number of hydrogen-bond acceptors (Lipinski definition) is 7. The standard InChI is InChI=1S/C24H34O7/c1-24-11-9-7-8-10-17(24)14(12-16(22(25)30-5)23(26)31-6)15-13-18(27-2)20(28-3)21(29-4)19(15)24/h13-14,16-17H,7-12H2,1-6H3. The van der Waals surface area contributed by atoms with Crippen LogP contribution in [0.25, 0.3) is 0 Å². The molecule has 0 heterocycles. The fourth-order valence-electron chi connectivity index (χ4n) is 5.88. The Balaban J connectivity index is 2.21. The van der Waals surface area contributed by atoms with E-state index in [1.54, 1.807) is 21.3 Å². The lowest BCUT2D eigenvalue weighted by Gasteiger charge is -2.34. The number of fused-ring (bicyclic) bond motifs is 3. The molecule has 7 nitrogen and oxygen atoms in total. The largest absolute Gasteiger partial charge is 0.493 e. The molecule has 2 aliphatic rings. The van der Waals surface area contributed by atoms with Crippen molar-refractivity contribution in [1.29, 1.82) is 0 Å². The van der Waals surface area contributed by atoms with Crippen molar-refractivity contribution >= 4 is 11.9 Å². The molecule has 172 valence electrons. The molecule has 3 unspecified atom stereocenters. The molecule has 0 amide bonds. The topological polar surface area (TPSA) is 80.3 Å². The Bertz CT molecular complexity index is 818. The number of ether oxygens (including phenoxy) is 5. The third kappa shape index (κ3) is 3.83. The summed E-state index contributed by atoms with van der Waals surface area (Å²) in [5, 5.41) is 0. The van der Waals surface area contributed by atoms with Crippen LogP contribution < -0.4 is 14.2 Å². The van der Waals surface area contributed by atoms with Gasteiger partial charge < -0.3 is 23.7 Å². The van der Waals surface area contributed by atoms with Crippen LogP contribution in [0.4, 0.5) is 0 Å². The summed E-state index contributed by atoms with van der Waals surface area (Å²) in [6.45, 7) is 2.28. The summed E-state index contributed by atoms with van der Waals surface area (Å²) in [5.74, 6) is -0.0467. The summed E-state index contributed by atoms with van der Waals surface area (Å²) >= 11 is 0. The molecule has 3 atom stereocenters. The lowest BCUT2D eigenvalue weighted by molar-refractivity contribution is -0.159. The smallest absolute Gasteiger partial charge is 0.320 e. The molecule has 3 rings (SSSR count). The maximum absolute atomic E-state index is 12.5. The highest BCUT2D eigenvalue weighted by Gasteiger charge is 2.53. The molecule has 0 N–H and O–H groups in total. The van der Waals surface area contributed by atoms with E-state index in [1.165, 1.54) is 20.6 Å². The van der Waals surface area contributed by atoms with Crippen molar-refractivity contribution in [3.05, 3.63) is 17.2 Å². The molecule has 1 fully saturated rings. The van der Waals surface area contributed by atoms with Gasteiger partial charge in [-0.05, 0) is 48.1 Å². The molecule has 0 radical (unpaired) electrons. The van der Waals surface area contributed by atoms with Crippen LogP contribution in [0.15, 0.2) is 6.07 Å². The van der Waals surface area contributed by atoms with E-state index in [-0.39, 0.29) is 17.3 Å². The van der Waals surface area contributed by atoms with Crippen LogP contribution >= 0.6 is 0 Å². The molecule has 1 aromatic carbocycles. The summed E-state index contributed by atoms with van der Waals surface area (Å²) < 4.78 is 27.0. The Hall–Kier alpha value is -2.44. The fourth-order valence-corrected chi connectivity index (χ4v) is 5.88. The zero-order valence-corrected chi connectivity index (χ0v) is 19.4. The van der Waals surface area contributed by atoms with Gasteiger partial charge in [-0.15, -0.1) is 0 Å². The van der Waals surface area contributed by atoms with Crippen molar-refractivity contribution in [1.82, 2.24) is 0 Å². The molecule has 31 heavy (non-hydrogen) atoms. The number of carbonyl (C=O) groups is 2. The molecule has 0 bridgehead atoms. The van der Waals surface area contributed by atoms with Crippen LogP contribution in [0, 0.1) is 11.8 Å². The molecule has 1 saturated carbocycles. The lowest BCUT2D eigenvalue weighted by Crippen LogP contribution is -2.32. The van der Waals surface area contributed by atoms with Gasteiger partial charge >= 0.3 is 11.9 Å². The number of carbonyl (C=O) groups excluding carboxylic acids is 2. The van der Waals surface area contributed by atoms with E-state index in [9.17, 15) is 9.59 Å². The van der Waals surface area contributed by atoms with Crippen molar-refractivity contribution < 1.29 is 33.3 Å². The maximum Gasteiger partial charge on any atom is 0.320 e. The molecule has 2 aliphatic carbocycles. The van der Waals surface area contributed by atoms with E-state index in [0.717, 1.165) is 36.8 Å². The summed E-state index contributed by atoms with van der Waals surface area (Å²) in [5.41, 5.74) is 2.01. The third-order valence-corrected chi connectivity index (χ3v) is 7.31. The van der Waals surface area contributed by atoms with Crippen molar-refractivity contribution in [3.63, 3.8) is 0 Å². The average Bonchev–Trinajstić information content (AvgIpc) is 2.89. The highest BCUT2D eigenvalue weighted by Crippen LogP contribution is 2.63. The van der Waals surface area contributed by atoms with Gasteiger partial charge in [0.25, 0.3) is 0 Å². The van der Waals surface area contributed by atoms with E-state index in [4.69, 9.17) is 23.7 Å². The second-order valence-corrected chi connectivity index (χ2v) is 8.67. The second kappa shape index (κ2) is 9.37. The van der Waals surface area contributed by atoms with E-state index in [2.05, 4.69) is 6.92 Å². The first-order valence-electron chi connectivity index (χ1n) is 10.9. The Morgan fingerprint density at radius 1 is 0.968 bits per heavy atom.